The zero-order chi connectivity index (χ0) is 12.0. The van der Waals surface area contributed by atoms with Crippen LogP contribution in [0, 0.1) is 5.41 Å². The lowest BCUT2D eigenvalue weighted by Crippen LogP contribution is -2.45. The van der Waals surface area contributed by atoms with E-state index < -0.39 is 0 Å². The summed E-state index contributed by atoms with van der Waals surface area (Å²) in [7, 11) is 3.60. The van der Waals surface area contributed by atoms with Crippen molar-refractivity contribution in [3.63, 3.8) is 0 Å². The largest absolute Gasteiger partial charge is 0.370 e. The highest BCUT2D eigenvalue weighted by molar-refractivity contribution is 7.09. The van der Waals surface area contributed by atoms with Crippen LogP contribution in [0.1, 0.15) is 4.88 Å². The standard InChI is InChI=1S/C10H17N5S/c1-13-10(14-9(11)12)15(2)6-5-8-4-3-7-16-8/h3-4,7H,5-6H2,1-2H3,(H4,11,12,13,14). The smallest absolute Gasteiger partial charge is 0.200 e. The molecule has 1 heterocycles. The molecular formula is C10H17N5S. The first-order valence-electron chi connectivity index (χ1n) is 4.95. The van der Waals surface area contributed by atoms with Crippen molar-refractivity contribution in [2.45, 2.75) is 6.42 Å². The number of nitrogens with zero attached hydrogens (tertiary/aromatic N) is 2. The summed E-state index contributed by atoms with van der Waals surface area (Å²) in [6.07, 6.45) is 0.965. The Bertz CT molecular complexity index is 357. The molecule has 6 heteroatoms. The molecule has 0 unspecified atom stereocenters. The van der Waals surface area contributed by atoms with Crippen molar-refractivity contribution in [1.29, 1.82) is 5.41 Å². The highest BCUT2D eigenvalue weighted by atomic mass is 32.1. The Kier molecular flexibility index (Phi) is 4.78. The fourth-order valence-electron chi connectivity index (χ4n) is 1.28. The number of guanidine groups is 2. The molecule has 0 aliphatic carbocycles. The summed E-state index contributed by atoms with van der Waals surface area (Å²) in [5.41, 5.74) is 5.26. The van der Waals surface area contributed by atoms with Gasteiger partial charge in [-0.15, -0.1) is 11.3 Å². The van der Waals surface area contributed by atoms with Crippen molar-refractivity contribution in [3.8, 4) is 0 Å². The van der Waals surface area contributed by atoms with Crippen LogP contribution < -0.4 is 11.1 Å². The Morgan fingerprint density at radius 2 is 2.44 bits per heavy atom. The van der Waals surface area contributed by atoms with Crippen LogP contribution >= 0.6 is 11.3 Å². The molecule has 1 aromatic rings. The summed E-state index contributed by atoms with van der Waals surface area (Å²) in [5, 5.41) is 11.9. The highest BCUT2D eigenvalue weighted by Gasteiger charge is 2.06. The number of likely N-dealkylation sites (N-methyl/N-ethyl adjacent to an activating group) is 1. The third-order valence-corrected chi connectivity index (χ3v) is 3.03. The van der Waals surface area contributed by atoms with Crippen LogP contribution in [0.25, 0.3) is 0 Å². The Hall–Kier alpha value is -1.56. The lowest BCUT2D eigenvalue weighted by molar-refractivity contribution is 0.497. The van der Waals surface area contributed by atoms with E-state index in [1.165, 1.54) is 4.88 Å². The minimum Gasteiger partial charge on any atom is -0.370 e. The van der Waals surface area contributed by atoms with Gasteiger partial charge in [0, 0.05) is 25.5 Å². The topological polar surface area (TPSA) is 77.5 Å². The number of nitrogens with two attached hydrogens (primary N) is 1. The van der Waals surface area contributed by atoms with E-state index in [-0.39, 0.29) is 5.96 Å². The van der Waals surface area contributed by atoms with Gasteiger partial charge in [-0.2, -0.15) is 0 Å². The van der Waals surface area contributed by atoms with E-state index >= 15 is 0 Å². The van der Waals surface area contributed by atoms with Gasteiger partial charge in [-0.05, 0) is 17.9 Å². The average Bonchev–Trinajstić information content (AvgIpc) is 2.75. The third-order valence-electron chi connectivity index (χ3n) is 2.09. The molecule has 0 aliphatic rings. The van der Waals surface area contributed by atoms with Crippen LogP contribution in [0.5, 0.6) is 0 Å². The molecule has 0 amide bonds. The van der Waals surface area contributed by atoms with E-state index in [0.717, 1.165) is 13.0 Å². The Morgan fingerprint density at radius 3 is 2.94 bits per heavy atom. The van der Waals surface area contributed by atoms with Crippen molar-refractivity contribution >= 4 is 23.3 Å². The second kappa shape index (κ2) is 6.12. The SMILES string of the molecule is C/N=C(\NC(=N)N)N(C)CCc1cccs1. The van der Waals surface area contributed by atoms with Gasteiger partial charge in [-0.25, -0.2) is 0 Å². The first kappa shape index (κ1) is 12.5. The van der Waals surface area contributed by atoms with E-state index in [9.17, 15) is 0 Å². The van der Waals surface area contributed by atoms with E-state index in [1.807, 2.05) is 18.0 Å². The molecule has 0 radical (unpaired) electrons. The minimum atomic E-state index is -0.0939. The van der Waals surface area contributed by atoms with Gasteiger partial charge >= 0.3 is 0 Å². The molecule has 0 aliphatic heterocycles. The number of rotatable bonds is 3. The second-order valence-corrected chi connectivity index (χ2v) is 4.37. The molecule has 4 N–H and O–H groups in total. The first-order valence-corrected chi connectivity index (χ1v) is 5.82. The molecule has 88 valence electrons. The predicted molar refractivity (Wildman–Crippen MR) is 69.1 cm³/mol. The predicted octanol–water partition coefficient (Wildman–Crippen LogP) is 0.691. The summed E-state index contributed by atoms with van der Waals surface area (Å²) in [6, 6.07) is 4.16. The summed E-state index contributed by atoms with van der Waals surface area (Å²) in [4.78, 5) is 7.33. The lowest BCUT2D eigenvalue weighted by Gasteiger charge is -2.20. The zero-order valence-corrected chi connectivity index (χ0v) is 10.3. The van der Waals surface area contributed by atoms with Crippen LogP contribution in [-0.4, -0.2) is 37.5 Å². The van der Waals surface area contributed by atoms with Gasteiger partial charge in [0.1, 0.15) is 0 Å². The van der Waals surface area contributed by atoms with Gasteiger partial charge < -0.3 is 10.6 Å². The number of aliphatic imine (C=N–C) groups is 1. The van der Waals surface area contributed by atoms with E-state index in [0.29, 0.717) is 5.96 Å². The van der Waals surface area contributed by atoms with E-state index in [4.69, 9.17) is 11.1 Å². The van der Waals surface area contributed by atoms with Crippen LogP contribution in [0.15, 0.2) is 22.5 Å². The number of thiophene rings is 1. The Balaban J connectivity index is 2.44. The van der Waals surface area contributed by atoms with Crippen molar-refractivity contribution < 1.29 is 0 Å². The maximum absolute atomic E-state index is 7.15. The average molecular weight is 239 g/mol. The molecule has 0 bridgehead atoms. The molecule has 1 aromatic heterocycles. The minimum absolute atomic E-state index is 0.0939. The molecule has 0 spiro atoms. The number of hydrogen-bond donors (Lipinski definition) is 3. The molecular weight excluding hydrogens is 222 g/mol. The van der Waals surface area contributed by atoms with Crippen molar-refractivity contribution in [1.82, 2.24) is 10.2 Å². The Morgan fingerprint density at radius 1 is 1.69 bits per heavy atom. The lowest BCUT2D eigenvalue weighted by atomic mass is 10.3. The van der Waals surface area contributed by atoms with Crippen molar-refractivity contribution in [3.05, 3.63) is 22.4 Å². The number of hydrogen-bond acceptors (Lipinski definition) is 3. The third kappa shape index (κ3) is 3.90. The molecule has 1 rings (SSSR count). The van der Waals surface area contributed by atoms with Gasteiger partial charge in [0.2, 0.25) is 0 Å². The summed E-state index contributed by atoms with van der Waals surface area (Å²) in [6.45, 7) is 0.841. The summed E-state index contributed by atoms with van der Waals surface area (Å²) in [5.74, 6) is 0.521. The van der Waals surface area contributed by atoms with Crippen LogP contribution in [0.2, 0.25) is 0 Å². The van der Waals surface area contributed by atoms with Crippen LogP contribution in [0.4, 0.5) is 0 Å². The maximum atomic E-state index is 7.15. The molecule has 0 atom stereocenters. The fourth-order valence-corrected chi connectivity index (χ4v) is 1.98. The molecule has 0 fully saturated rings. The monoisotopic (exact) mass is 239 g/mol. The maximum Gasteiger partial charge on any atom is 0.200 e. The fraction of sp³-hybridized carbons (Fsp3) is 0.400. The van der Waals surface area contributed by atoms with E-state index in [2.05, 4.69) is 21.8 Å². The summed E-state index contributed by atoms with van der Waals surface area (Å²) >= 11 is 1.74. The van der Waals surface area contributed by atoms with Gasteiger partial charge in [0.15, 0.2) is 11.9 Å². The van der Waals surface area contributed by atoms with Gasteiger partial charge in [0.25, 0.3) is 0 Å². The molecule has 16 heavy (non-hydrogen) atoms. The van der Waals surface area contributed by atoms with Crippen LogP contribution in [-0.2, 0) is 6.42 Å². The van der Waals surface area contributed by atoms with Crippen molar-refractivity contribution in [2.75, 3.05) is 20.6 Å². The van der Waals surface area contributed by atoms with Gasteiger partial charge in [-0.1, -0.05) is 6.07 Å². The molecule has 0 saturated heterocycles. The second-order valence-electron chi connectivity index (χ2n) is 3.34. The molecule has 0 aromatic carbocycles. The highest BCUT2D eigenvalue weighted by Crippen LogP contribution is 2.09. The normalized spacial score (nSPS) is 11.2. The summed E-state index contributed by atoms with van der Waals surface area (Å²) < 4.78 is 0. The van der Waals surface area contributed by atoms with Gasteiger partial charge in [-0.3, -0.25) is 15.7 Å². The van der Waals surface area contributed by atoms with E-state index in [1.54, 1.807) is 18.4 Å². The molecule has 5 nitrogen and oxygen atoms in total. The molecule has 0 saturated carbocycles. The van der Waals surface area contributed by atoms with Crippen LogP contribution in [0.3, 0.4) is 0 Å². The quantitative estimate of drug-likeness (QED) is 0.536. The van der Waals surface area contributed by atoms with Crippen molar-refractivity contribution in [2.24, 2.45) is 10.7 Å². The van der Waals surface area contributed by atoms with Gasteiger partial charge in [0.05, 0.1) is 0 Å². The Labute approximate surface area is 99.5 Å². The zero-order valence-electron chi connectivity index (χ0n) is 9.53. The number of nitrogens with one attached hydrogen (secondary N) is 2. The first-order chi connectivity index (χ1) is 7.63.